The van der Waals surface area contributed by atoms with Crippen molar-refractivity contribution < 1.29 is 29.0 Å². The molecule has 0 saturated carbocycles. The summed E-state index contributed by atoms with van der Waals surface area (Å²) in [6, 6.07) is 13.6. The van der Waals surface area contributed by atoms with Crippen LogP contribution < -0.4 is 14.4 Å². The summed E-state index contributed by atoms with van der Waals surface area (Å²) in [6.45, 7) is 1.66. The Morgan fingerprint density at radius 3 is 2.54 bits per heavy atom. The molecular formula is C20H17NO6S. The average molecular weight is 399 g/mol. The number of rotatable bonds is 7. The summed E-state index contributed by atoms with van der Waals surface area (Å²) in [5.74, 6) is -0.843. The van der Waals surface area contributed by atoms with Crippen LogP contribution in [0.4, 0.5) is 10.5 Å². The van der Waals surface area contributed by atoms with Crippen LogP contribution in [0, 0.1) is 0 Å². The van der Waals surface area contributed by atoms with Crippen LogP contribution >= 0.6 is 11.8 Å². The number of carbonyl (C=O) groups is 3. The van der Waals surface area contributed by atoms with Gasteiger partial charge in [0, 0.05) is 0 Å². The van der Waals surface area contributed by atoms with Gasteiger partial charge in [0.25, 0.3) is 11.1 Å². The zero-order chi connectivity index (χ0) is 20.1. The second kappa shape index (κ2) is 8.62. The van der Waals surface area contributed by atoms with Crippen molar-refractivity contribution in [2.75, 3.05) is 18.1 Å². The first-order valence-corrected chi connectivity index (χ1v) is 9.25. The van der Waals surface area contributed by atoms with Gasteiger partial charge in [-0.25, -0.2) is 9.69 Å². The number of aliphatic carboxylic acids is 1. The molecule has 2 aromatic carbocycles. The predicted molar refractivity (Wildman–Crippen MR) is 106 cm³/mol. The number of benzene rings is 2. The maximum absolute atomic E-state index is 12.7. The van der Waals surface area contributed by atoms with Crippen molar-refractivity contribution in [2.24, 2.45) is 0 Å². The van der Waals surface area contributed by atoms with Gasteiger partial charge in [0.05, 0.1) is 17.2 Å². The highest BCUT2D eigenvalue weighted by Crippen LogP contribution is 2.37. The Hall–Kier alpha value is -3.26. The van der Waals surface area contributed by atoms with E-state index < -0.39 is 18.5 Å². The molecule has 1 saturated heterocycles. The van der Waals surface area contributed by atoms with E-state index in [1.54, 1.807) is 55.5 Å². The molecule has 0 spiro atoms. The maximum atomic E-state index is 12.7. The van der Waals surface area contributed by atoms with Crippen LogP contribution in [0.15, 0.2) is 53.4 Å². The van der Waals surface area contributed by atoms with Gasteiger partial charge in [-0.1, -0.05) is 24.3 Å². The molecule has 0 radical (unpaired) electrons. The van der Waals surface area contributed by atoms with Crippen LogP contribution in [0.2, 0.25) is 0 Å². The van der Waals surface area contributed by atoms with Gasteiger partial charge in [0.15, 0.2) is 18.1 Å². The minimum absolute atomic E-state index is 0.288. The van der Waals surface area contributed by atoms with Crippen LogP contribution in [0.3, 0.4) is 0 Å². The predicted octanol–water partition coefficient (Wildman–Crippen LogP) is 3.79. The summed E-state index contributed by atoms with van der Waals surface area (Å²) in [6.07, 6.45) is 1.59. The molecule has 0 aromatic heterocycles. The maximum Gasteiger partial charge on any atom is 0.341 e. The fourth-order valence-corrected chi connectivity index (χ4v) is 3.40. The second-order valence-corrected chi connectivity index (χ2v) is 6.67. The van der Waals surface area contributed by atoms with Crippen molar-refractivity contribution in [3.8, 4) is 11.5 Å². The lowest BCUT2D eigenvalue weighted by molar-refractivity contribution is -0.139. The first kappa shape index (κ1) is 19.5. The molecule has 0 aliphatic carbocycles. The van der Waals surface area contributed by atoms with Gasteiger partial charge < -0.3 is 14.6 Å². The molecule has 1 aliphatic heterocycles. The van der Waals surface area contributed by atoms with Crippen LogP contribution in [0.25, 0.3) is 6.08 Å². The van der Waals surface area contributed by atoms with E-state index in [9.17, 15) is 14.4 Å². The number of nitrogens with zero attached hydrogens (tertiary/aromatic N) is 1. The highest BCUT2D eigenvalue weighted by atomic mass is 32.2. The number of para-hydroxylation sites is 1. The molecule has 28 heavy (non-hydrogen) atoms. The Bertz CT molecular complexity index is 941. The summed E-state index contributed by atoms with van der Waals surface area (Å²) in [5.41, 5.74) is 1.14. The highest BCUT2D eigenvalue weighted by molar-refractivity contribution is 8.19. The molecule has 1 heterocycles. The van der Waals surface area contributed by atoms with Crippen molar-refractivity contribution >= 4 is 40.6 Å². The molecule has 2 amide bonds. The average Bonchev–Trinajstić information content (AvgIpc) is 2.95. The molecule has 144 valence electrons. The van der Waals surface area contributed by atoms with E-state index in [-0.39, 0.29) is 10.1 Å². The molecule has 0 unspecified atom stereocenters. The van der Waals surface area contributed by atoms with Crippen molar-refractivity contribution in [1.82, 2.24) is 0 Å². The number of hydrogen-bond acceptors (Lipinski definition) is 6. The third kappa shape index (κ3) is 4.34. The number of ether oxygens (including phenoxy) is 2. The van der Waals surface area contributed by atoms with Crippen molar-refractivity contribution in [2.45, 2.75) is 6.92 Å². The number of carboxylic acids is 1. The number of anilines is 1. The van der Waals surface area contributed by atoms with Crippen LogP contribution in [0.5, 0.6) is 11.5 Å². The molecule has 0 bridgehead atoms. The van der Waals surface area contributed by atoms with E-state index in [0.29, 0.717) is 29.4 Å². The zero-order valence-corrected chi connectivity index (χ0v) is 15.8. The van der Waals surface area contributed by atoms with Gasteiger partial charge >= 0.3 is 5.97 Å². The fourth-order valence-electron chi connectivity index (χ4n) is 2.56. The van der Waals surface area contributed by atoms with Gasteiger partial charge in [0.2, 0.25) is 0 Å². The molecule has 7 nitrogen and oxygen atoms in total. The van der Waals surface area contributed by atoms with Gasteiger partial charge in [-0.05, 0) is 54.6 Å². The Balaban J connectivity index is 1.86. The number of hydrogen-bond donors (Lipinski definition) is 1. The van der Waals surface area contributed by atoms with Crippen molar-refractivity contribution in [3.63, 3.8) is 0 Å². The van der Waals surface area contributed by atoms with E-state index >= 15 is 0 Å². The van der Waals surface area contributed by atoms with E-state index in [1.807, 2.05) is 6.07 Å². The third-order valence-corrected chi connectivity index (χ3v) is 4.59. The topological polar surface area (TPSA) is 93.1 Å². The number of amides is 2. The standard InChI is InChI=1S/C20H17NO6S/c1-2-26-16-10-13(8-9-15(16)27-12-18(22)23)11-17-19(24)21(20(25)28-17)14-6-4-3-5-7-14/h3-11H,2,12H2,1H3,(H,22,23)/b17-11+. The first-order valence-electron chi connectivity index (χ1n) is 8.44. The molecule has 3 rings (SSSR count). The minimum atomic E-state index is -1.10. The van der Waals surface area contributed by atoms with Crippen LogP contribution in [-0.4, -0.2) is 35.4 Å². The monoisotopic (exact) mass is 399 g/mol. The van der Waals surface area contributed by atoms with Gasteiger partial charge in [-0.15, -0.1) is 0 Å². The molecule has 2 aromatic rings. The Labute approximate surface area is 165 Å². The lowest BCUT2D eigenvalue weighted by atomic mass is 10.1. The number of imide groups is 1. The number of thioether (sulfide) groups is 1. The smallest absolute Gasteiger partial charge is 0.341 e. The zero-order valence-electron chi connectivity index (χ0n) is 15.0. The molecule has 1 fully saturated rings. The Kier molecular flexibility index (Phi) is 6.00. The van der Waals surface area contributed by atoms with E-state index in [4.69, 9.17) is 14.6 Å². The highest BCUT2D eigenvalue weighted by Gasteiger charge is 2.36. The largest absolute Gasteiger partial charge is 0.490 e. The summed E-state index contributed by atoms with van der Waals surface area (Å²) in [5, 5.41) is 8.39. The van der Waals surface area contributed by atoms with Gasteiger partial charge in [0.1, 0.15) is 0 Å². The Morgan fingerprint density at radius 1 is 1.11 bits per heavy atom. The summed E-state index contributed by atoms with van der Waals surface area (Å²) < 4.78 is 10.7. The molecule has 8 heteroatoms. The van der Waals surface area contributed by atoms with Crippen molar-refractivity contribution in [3.05, 3.63) is 59.0 Å². The lowest BCUT2D eigenvalue weighted by Gasteiger charge is -2.12. The molecule has 1 aliphatic rings. The summed E-state index contributed by atoms with van der Waals surface area (Å²) in [7, 11) is 0. The molecule has 1 N–H and O–H groups in total. The Morgan fingerprint density at radius 2 is 1.86 bits per heavy atom. The summed E-state index contributed by atoms with van der Waals surface area (Å²) >= 11 is 0.858. The van der Waals surface area contributed by atoms with E-state index in [1.165, 1.54) is 0 Å². The number of carbonyl (C=O) groups excluding carboxylic acids is 2. The first-order chi connectivity index (χ1) is 13.5. The van der Waals surface area contributed by atoms with E-state index in [2.05, 4.69) is 0 Å². The normalized spacial score (nSPS) is 15.2. The summed E-state index contributed by atoms with van der Waals surface area (Å²) in [4.78, 5) is 37.1. The van der Waals surface area contributed by atoms with Gasteiger partial charge in [-0.2, -0.15) is 0 Å². The fraction of sp³-hybridized carbons (Fsp3) is 0.150. The molecule has 0 atom stereocenters. The quantitative estimate of drug-likeness (QED) is 0.708. The third-order valence-electron chi connectivity index (χ3n) is 3.72. The SMILES string of the molecule is CCOc1cc(/C=C2/SC(=O)N(c3ccccc3)C2=O)ccc1OCC(=O)O. The van der Waals surface area contributed by atoms with Gasteiger partial charge in [-0.3, -0.25) is 9.59 Å². The second-order valence-electron chi connectivity index (χ2n) is 5.67. The van der Waals surface area contributed by atoms with Crippen LogP contribution in [0.1, 0.15) is 12.5 Å². The molecular weight excluding hydrogens is 382 g/mol. The minimum Gasteiger partial charge on any atom is -0.490 e. The van der Waals surface area contributed by atoms with Crippen molar-refractivity contribution in [1.29, 1.82) is 0 Å². The number of carboxylic acid groups (broad SMARTS) is 1. The lowest BCUT2D eigenvalue weighted by Crippen LogP contribution is -2.27. The van der Waals surface area contributed by atoms with Crippen LogP contribution in [-0.2, 0) is 9.59 Å². The van der Waals surface area contributed by atoms with E-state index in [0.717, 1.165) is 16.7 Å².